The first-order chi connectivity index (χ1) is 7.19. The van der Waals surface area contributed by atoms with E-state index in [2.05, 4.69) is 39.4 Å². The Kier molecular flexibility index (Phi) is 3.14. The first-order valence-electron chi connectivity index (χ1n) is 5.26. The molecule has 15 heavy (non-hydrogen) atoms. The number of aliphatic hydroxyl groups is 1. The second-order valence-electron chi connectivity index (χ2n) is 4.28. The normalized spacial score (nSPS) is 25.0. The van der Waals surface area contributed by atoms with Gasteiger partial charge in [-0.3, -0.25) is 0 Å². The van der Waals surface area contributed by atoms with Crippen LogP contribution in [0.3, 0.4) is 0 Å². The van der Waals surface area contributed by atoms with Gasteiger partial charge >= 0.3 is 0 Å². The highest BCUT2D eigenvalue weighted by Crippen LogP contribution is 2.30. The second kappa shape index (κ2) is 4.24. The van der Waals surface area contributed by atoms with Crippen molar-refractivity contribution >= 4 is 15.9 Å². The van der Waals surface area contributed by atoms with Crippen molar-refractivity contribution in [3.63, 3.8) is 0 Å². The Morgan fingerprint density at radius 1 is 1.47 bits per heavy atom. The number of nitrogens with one attached hydrogen (secondary N) is 1. The topological polar surface area (TPSA) is 32.3 Å². The number of aryl methyl sites for hydroxylation is 1. The number of rotatable bonds is 2. The maximum absolute atomic E-state index is 9.45. The van der Waals surface area contributed by atoms with Gasteiger partial charge in [0, 0.05) is 10.0 Å². The standard InChI is InChI=1S/C12H16BrNO/c1-14-12(8-15)5-4-9-6-11(13)3-2-10(9)7-12/h2-3,6,14-15H,4-5,7-8H2,1H3. The first kappa shape index (κ1) is 11.1. The van der Waals surface area contributed by atoms with E-state index in [9.17, 15) is 5.11 Å². The van der Waals surface area contributed by atoms with E-state index in [1.54, 1.807) is 0 Å². The molecule has 0 amide bonds. The zero-order valence-corrected chi connectivity index (χ0v) is 10.5. The summed E-state index contributed by atoms with van der Waals surface area (Å²) in [6.45, 7) is 0.207. The van der Waals surface area contributed by atoms with Crippen molar-refractivity contribution in [1.29, 1.82) is 0 Å². The largest absolute Gasteiger partial charge is 0.394 e. The molecule has 2 rings (SSSR count). The van der Waals surface area contributed by atoms with E-state index in [4.69, 9.17) is 0 Å². The van der Waals surface area contributed by atoms with Crippen LogP contribution in [-0.2, 0) is 12.8 Å². The van der Waals surface area contributed by atoms with Crippen molar-refractivity contribution in [3.8, 4) is 0 Å². The Balaban J connectivity index is 2.30. The summed E-state index contributed by atoms with van der Waals surface area (Å²) < 4.78 is 1.14. The number of hydrogen-bond donors (Lipinski definition) is 2. The summed E-state index contributed by atoms with van der Waals surface area (Å²) in [5.74, 6) is 0. The minimum Gasteiger partial charge on any atom is -0.394 e. The number of benzene rings is 1. The number of hydrogen-bond acceptors (Lipinski definition) is 2. The molecule has 1 aromatic carbocycles. The third-order valence-corrected chi connectivity index (χ3v) is 3.90. The fourth-order valence-corrected chi connectivity index (χ4v) is 2.66. The smallest absolute Gasteiger partial charge is 0.0616 e. The predicted octanol–water partition coefficient (Wildman–Crippen LogP) is 1.89. The molecule has 0 heterocycles. The average molecular weight is 270 g/mol. The van der Waals surface area contributed by atoms with Crippen molar-refractivity contribution < 1.29 is 5.11 Å². The van der Waals surface area contributed by atoms with Crippen LogP contribution in [0, 0.1) is 0 Å². The van der Waals surface area contributed by atoms with Crippen LogP contribution in [0.1, 0.15) is 17.5 Å². The molecular formula is C12H16BrNO. The minimum absolute atomic E-state index is 0.110. The van der Waals surface area contributed by atoms with E-state index in [-0.39, 0.29) is 12.1 Å². The molecule has 1 aromatic rings. The Bertz CT molecular complexity index is 361. The summed E-state index contributed by atoms with van der Waals surface area (Å²) in [6.07, 6.45) is 2.96. The van der Waals surface area contributed by atoms with Crippen LogP contribution in [0.25, 0.3) is 0 Å². The Morgan fingerprint density at radius 3 is 2.93 bits per heavy atom. The summed E-state index contributed by atoms with van der Waals surface area (Å²) in [5, 5.41) is 12.7. The van der Waals surface area contributed by atoms with Crippen LogP contribution < -0.4 is 5.32 Å². The Morgan fingerprint density at radius 2 is 2.27 bits per heavy atom. The van der Waals surface area contributed by atoms with Gasteiger partial charge in [0.2, 0.25) is 0 Å². The number of aliphatic hydroxyl groups excluding tert-OH is 1. The van der Waals surface area contributed by atoms with Crippen LogP contribution in [0.2, 0.25) is 0 Å². The van der Waals surface area contributed by atoms with Crippen LogP contribution in [0.5, 0.6) is 0 Å². The predicted molar refractivity (Wildman–Crippen MR) is 65.0 cm³/mol. The SMILES string of the molecule is CNC1(CO)CCc2cc(Br)ccc2C1. The third kappa shape index (κ3) is 2.10. The first-order valence-corrected chi connectivity index (χ1v) is 6.05. The molecule has 0 saturated heterocycles. The van der Waals surface area contributed by atoms with E-state index < -0.39 is 0 Å². The van der Waals surface area contributed by atoms with Crippen molar-refractivity contribution in [1.82, 2.24) is 5.32 Å². The van der Waals surface area contributed by atoms with Crippen molar-refractivity contribution in [2.24, 2.45) is 0 Å². The summed E-state index contributed by atoms with van der Waals surface area (Å²) in [4.78, 5) is 0. The van der Waals surface area contributed by atoms with Gasteiger partial charge < -0.3 is 10.4 Å². The molecule has 2 N–H and O–H groups in total. The van der Waals surface area contributed by atoms with Gasteiger partial charge in [-0.25, -0.2) is 0 Å². The highest BCUT2D eigenvalue weighted by molar-refractivity contribution is 9.10. The molecule has 1 aliphatic carbocycles. The zero-order chi connectivity index (χ0) is 10.9. The number of halogens is 1. The molecule has 0 radical (unpaired) electrons. The van der Waals surface area contributed by atoms with E-state index in [0.29, 0.717) is 0 Å². The zero-order valence-electron chi connectivity index (χ0n) is 8.89. The summed E-state index contributed by atoms with van der Waals surface area (Å²) in [5.41, 5.74) is 2.65. The quantitative estimate of drug-likeness (QED) is 0.860. The summed E-state index contributed by atoms with van der Waals surface area (Å²) >= 11 is 3.49. The highest BCUT2D eigenvalue weighted by atomic mass is 79.9. The molecule has 0 spiro atoms. The van der Waals surface area contributed by atoms with E-state index in [1.807, 2.05) is 7.05 Å². The molecular weight excluding hydrogens is 254 g/mol. The van der Waals surface area contributed by atoms with Gasteiger partial charge in [0.05, 0.1) is 6.61 Å². The maximum atomic E-state index is 9.45. The fourth-order valence-electron chi connectivity index (χ4n) is 2.25. The van der Waals surface area contributed by atoms with Crippen molar-refractivity contribution in [2.75, 3.05) is 13.7 Å². The molecule has 0 saturated carbocycles. The van der Waals surface area contributed by atoms with E-state index in [1.165, 1.54) is 11.1 Å². The molecule has 0 fully saturated rings. The molecule has 3 heteroatoms. The lowest BCUT2D eigenvalue weighted by Crippen LogP contribution is -2.50. The van der Waals surface area contributed by atoms with Gasteiger partial charge in [-0.15, -0.1) is 0 Å². The molecule has 1 unspecified atom stereocenters. The van der Waals surface area contributed by atoms with Gasteiger partial charge in [0.25, 0.3) is 0 Å². The average Bonchev–Trinajstić information content (AvgIpc) is 2.28. The van der Waals surface area contributed by atoms with Crippen LogP contribution in [0.15, 0.2) is 22.7 Å². The van der Waals surface area contributed by atoms with E-state index >= 15 is 0 Å². The lowest BCUT2D eigenvalue weighted by atomic mass is 9.78. The van der Waals surface area contributed by atoms with Gasteiger partial charge in [-0.1, -0.05) is 22.0 Å². The molecule has 0 aromatic heterocycles. The molecule has 2 nitrogen and oxygen atoms in total. The van der Waals surface area contributed by atoms with Crippen LogP contribution in [0.4, 0.5) is 0 Å². The monoisotopic (exact) mass is 269 g/mol. The van der Waals surface area contributed by atoms with Gasteiger partial charge in [0.15, 0.2) is 0 Å². The summed E-state index contributed by atoms with van der Waals surface area (Å²) in [6, 6.07) is 6.41. The highest BCUT2D eigenvalue weighted by Gasteiger charge is 2.32. The Hall–Kier alpha value is -0.380. The van der Waals surface area contributed by atoms with Crippen molar-refractivity contribution in [2.45, 2.75) is 24.8 Å². The molecule has 0 aliphatic heterocycles. The van der Waals surface area contributed by atoms with Gasteiger partial charge in [-0.05, 0) is 49.6 Å². The molecule has 1 aliphatic rings. The molecule has 82 valence electrons. The molecule has 0 bridgehead atoms. The fraction of sp³-hybridized carbons (Fsp3) is 0.500. The summed E-state index contributed by atoms with van der Waals surface area (Å²) in [7, 11) is 1.93. The molecule has 1 atom stereocenters. The van der Waals surface area contributed by atoms with Crippen molar-refractivity contribution in [3.05, 3.63) is 33.8 Å². The van der Waals surface area contributed by atoms with Crippen LogP contribution >= 0.6 is 15.9 Å². The van der Waals surface area contributed by atoms with Crippen LogP contribution in [-0.4, -0.2) is 24.3 Å². The van der Waals surface area contributed by atoms with E-state index in [0.717, 1.165) is 23.7 Å². The lowest BCUT2D eigenvalue weighted by Gasteiger charge is -2.36. The Labute approximate surface area is 98.8 Å². The second-order valence-corrected chi connectivity index (χ2v) is 5.19. The third-order valence-electron chi connectivity index (χ3n) is 3.40. The minimum atomic E-state index is -0.110. The number of fused-ring (bicyclic) bond motifs is 1. The lowest BCUT2D eigenvalue weighted by molar-refractivity contribution is 0.153. The van der Waals surface area contributed by atoms with Gasteiger partial charge in [-0.2, -0.15) is 0 Å². The number of likely N-dealkylation sites (N-methyl/N-ethyl adjacent to an activating group) is 1. The van der Waals surface area contributed by atoms with Gasteiger partial charge in [0.1, 0.15) is 0 Å². The maximum Gasteiger partial charge on any atom is 0.0616 e.